The molecule has 0 aromatic carbocycles. The minimum Gasteiger partial charge on any atom is -0.115 e. The van der Waals surface area contributed by atoms with E-state index in [1.165, 1.54) is 21.2 Å². The van der Waals surface area contributed by atoms with Gasteiger partial charge in [-0.15, -0.1) is 8.58 Å². The molecule has 1 rings (SSSR count). The number of hydrogen-bond acceptors (Lipinski definition) is 0. The zero-order chi connectivity index (χ0) is 5.98. The minimum atomic E-state index is 0.878. The Kier molecular flexibility index (Phi) is 2.08. The maximum Gasteiger partial charge on any atom is -0.00829 e. The van der Waals surface area contributed by atoms with Crippen LogP contribution < -0.4 is 0 Å². The smallest absolute Gasteiger partial charge is 0.00829 e. The van der Waals surface area contributed by atoms with Crippen LogP contribution in [0.1, 0.15) is 20.3 Å². The lowest BCUT2D eigenvalue weighted by Crippen LogP contribution is -1.98. The van der Waals surface area contributed by atoms with Gasteiger partial charge in [0.05, 0.1) is 0 Å². The molecule has 0 aliphatic carbocycles. The summed E-state index contributed by atoms with van der Waals surface area (Å²) in [7, 11) is 1.19. The van der Waals surface area contributed by atoms with E-state index in [0.717, 1.165) is 5.66 Å². The van der Waals surface area contributed by atoms with Crippen LogP contribution in [0.25, 0.3) is 0 Å². The second kappa shape index (κ2) is 2.64. The van der Waals surface area contributed by atoms with Crippen molar-refractivity contribution in [2.24, 2.45) is 0 Å². The molecule has 0 amide bonds. The van der Waals surface area contributed by atoms with E-state index in [1.54, 1.807) is 5.57 Å². The van der Waals surface area contributed by atoms with Crippen LogP contribution in [0.5, 0.6) is 0 Å². The molecule has 8 heavy (non-hydrogen) atoms. The van der Waals surface area contributed by atoms with Gasteiger partial charge in [0.15, 0.2) is 0 Å². The predicted octanol–water partition coefficient (Wildman–Crippen LogP) is 2.40. The second-order valence-electron chi connectivity index (χ2n) is 2.51. The van der Waals surface area contributed by atoms with Crippen molar-refractivity contribution in [1.29, 1.82) is 0 Å². The van der Waals surface area contributed by atoms with Crippen LogP contribution >= 0.6 is 8.58 Å². The molecule has 2 unspecified atom stereocenters. The molecular formula is C7H13P. The molecule has 0 N–H and O–H groups in total. The molecular weight excluding hydrogens is 115 g/mol. The van der Waals surface area contributed by atoms with E-state index in [-0.39, 0.29) is 0 Å². The Morgan fingerprint density at radius 2 is 2.50 bits per heavy atom. The fourth-order valence-electron chi connectivity index (χ4n) is 1.07. The summed E-state index contributed by atoms with van der Waals surface area (Å²) in [6.07, 6.45) is 5.19. The van der Waals surface area contributed by atoms with E-state index in [9.17, 15) is 0 Å². The SMILES string of the molecule is CC1=CC(C)PCC1. The van der Waals surface area contributed by atoms with Crippen molar-refractivity contribution in [2.75, 3.05) is 6.16 Å². The van der Waals surface area contributed by atoms with E-state index in [1.807, 2.05) is 0 Å². The van der Waals surface area contributed by atoms with Crippen molar-refractivity contribution in [2.45, 2.75) is 25.9 Å². The van der Waals surface area contributed by atoms with Crippen LogP contribution in [0.4, 0.5) is 0 Å². The first-order valence-electron chi connectivity index (χ1n) is 3.20. The van der Waals surface area contributed by atoms with Gasteiger partial charge in [-0.1, -0.05) is 18.6 Å². The summed E-state index contributed by atoms with van der Waals surface area (Å²) in [5.41, 5.74) is 2.47. The molecule has 2 atom stereocenters. The van der Waals surface area contributed by atoms with E-state index in [4.69, 9.17) is 0 Å². The summed E-state index contributed by atoms with van der Waals surface area (Å²) < 4.78 is 0. The highest BCUT2D eigenvalue weighted by atomic mass is 31.1. The van der Waals surface area contributed by atoms with Gasteiger partial charge in [-0.3, -0.25) is 0 Å². The topological polar surface area (TPSA) is 0 Å². The first-order chi connectivity index (χ1) is 3.79. The molecule has 1 heteroatoms. The summed E-state index contributed by atoms with van der Waals surface area (Å²) in [6.45, 7) is 4.54. The van der Waals surface area contributed by atoms with Gasteiger partial charge in [-0.25, -0.2) is 0 Å². The summed E-state index contributed by atoms with van der Waals surface area (Å²) in [5, 5.41) is 0. The third kappa shape index (κ3) is 1.59. The molecule has 1 heterocycles. The normalized spacial score (nSPS) is 32.8. The Morgan fingerprint density at radius 3 is 2.88 bits per heavy atom. The number of rotatable bonds is 0. The lowest BCUT2D eigenvalue weighted by atomic mass is 10.2. The molecule has 0 saturated carbocycles. The first-order valence-corrected chi connectivity index (χ1v) is 4.48. The lowest BCUT2D eigenvalue weighted by molar-refractivity contribution is 1.03. The molecule has 1 aliphatic heterocycles. The maximum absolute atomic E-state index is 2.40. The highest BCUT2D eigenvalue weighted by Crippen LogP contribution is 2.28. The van der Waals surface area contributed by atoms with Gasteiger partial charge in [-0.2, -0.15) is 0 Å². The molecule has 0 aromatic rings. The maximum atomic E-state index is 2.40. The van der Waals surface area contributed by atoms with Crippen molar-refractivity contribution in [1.82, 2.24) is 0 Å². The molecule has 0 spiro atoms. The molecule has 0 radical (unpaired) electrons. The quantitative estimate of drug-likeness (QED) is 0.347. The fourth-order valence-corrected chi connectivity index (χ4v) is 2.46. The fraction of sp³-hybridized carbons (Fsp3) is 0.714. The van der Waals surface area contributed by atoms with E-state index < -0.39 is 0 Å². The van der Waals surface area contributed by atoms with E-state index in [0.29, 0.717) is 0 Å². The molecule has 46 valence electrons. The Bertz CT molecular complexity index is 105. The molecule has 0 aromatic heterocycles. The largest absolute Gasteiger partial charge is 0.115 e. The van der Waals surface area contributed by atoms with E-state index in [2.05, 4.69) is 19.9 Å². The van der Waals surface area contributed by atoms with Gasteiger partial charge in [0.1, 0.15) is 0 Å². The molecule has 0 fully saturated rings. The Morgan fingerprint density at radius 1 is 1.75 bits per heavy atom. The summed E-state index contributed by atoms with van der Waals surface area (Å²) in [4.78, 5) is 0. The Labute approximate surface area is 53.1 Å². The zero-order valence-electron chi connectivity index (χ0n) is 5.57. The standard InChI is InChI=1S/C7H13P/c1-6-3-4-8-7(2)5-6/h5,7-8H,3-4H2,1-2H3. The van der Waals surface area contributed by atoms with Crippen molar-refractivity contribution in [3.63, 3.8) is 0 Å². The highest BCUT2D eigenvalue weighted by Gasteiger charge is 2.03. The molecule has 0 bridgehead atoms. The monoisotopic (exact) mass is 128 g/mol. The van der Waals surface area contributed by atoms with Crippen molar-refractivity contribution in [3.05, 3.63) is 11.6 Å². The van der Waals surface area contributed by atoms with Gasteiger partial charge < -0.3 is 0 Å². The van der Waals surface area contributed by atoms with Crippen LogP contribution in [0.15, 0.2) is 11.6 Å². The first kappa shape index (κ1) is 6.29. The van der Waals surface area contributed by atoms with Gasteiger partial charge in [0.25, 0.3) is 0 Å². The van der Waals surface area contributed by atoms with Crippen LogP contribution in [-0.2, 0) is 0 Å². The average Bonchev–Trinajstić information content (AvgIpc) is 1.64. The third-order valence-corrected chi connectivity index (χ3v) is 2.87. The summed E-state index contributed by atoms with van der Waals surface area (Å²) in [5.74, 6) is 0. The summed E-state index contributed by atoms with van der Waals surface area (Å²) >= 11 is 0. The Balaban J connectivity index is 2.50. The second-order valence-corrected chi connectivity index (χ2v) is 4.32. The van der Waals surface area contributed by atoms with Gasteiger partial charge in [-0.05, 0) is 25.2 Å². The lowest BCUT2D eigenvalue weighted by Gasteiger charge is -2.14. The van der Waals surface area contributed by atoms with E-state index >= 15 is 0 Å². The molecule has 1 aliphatic rings. The van der Waals surface area contributed by atoms with Gasteiger partial charge >= 0.3 is 0 Å². The zero-order valence-corrected chi connectivity index (χ0v) is 6.57. The Hall–Kier alpha value is 0.170. The number of allylic oxidation sites excluding steroid dienone is 2. The predicted molar refractivity (Wildman–Crippen MR) is 41.0 cm³/mol. The van der Waals surface area contributed by atoms with Crippen molar-refractivity contribution < 1.29 is 0 Å². The third-order valence-electron chi connectivity index (χ3n) is 1.52. The van der Waals surface area contributed by atoms with Crippen LogP contribution in [0.2, 0.25) is 0 Å². The number of hydrogen-bond donors (Lipinski definition) is 0. The minimum absolute atomic E-state index is 0.878. The summed E-state index contributed by atoms with van der Waals surface area (Å²) in [6, 6.07) is 0. The van der Waals surface area contributed by atoms with Gasteiger partial charge in [0, 0.05) is 0 Å². The van der Waals surface area contributed by atoms with Crippen LogP contribution in [0.3, 0.4) is 0 Å². The van der Waals surface area contributed by atoms with Crippen molar-refractivity contribution >= 4 is 8.58 Å². The molecule has 0 nitrogen and oxygen atoms in total. The molecule has 0 saturated heterocycles. The van der Waals surface area contributed by atoms with Crippen molar-refractivity contribution in [3.8, 4) is 0 Å². The van der Waals surface area contributed by atoms with Gasteiger partial charge in [0.2, 0.25) is 0 Å². The highest BCUT2D eigenvalue weighted by molar-refractivity contribution is 7.39. The average molecular weight is 128 g/mol. The van der Waals surface area contributed by atoms with Crippen LogP contribution in [-0.4, -0.2) is 11.8 Å². The van der Waals surface area contributed by atoms with Crippen LogP contribution in [0, 0.1) is 0 Å².